The molecule has 2 aromatic carbocycles. The molecule has 40 heavy (non-hydrogen) atoms. The molecular weight excluding hydrogens is 526 g/mol. The highest BCUT2D eigenvalue weighted by atomic mass is 32.2. The van der Waals surface area contributed by atoms with E-state index in [0.717, 1.165) is 21.8 Å². The SMILES string of the molecule is CSc1cc(OC2=CC=NC3=NC(=O)C=NC23)ccc1NC(=O)Nc1cc(C(C)(C)C)nn1-c1ccc(C)cc1. The third kappa shape index (κ3) is 5.89. The van der Waals surface area contributed by atoms with Gasteiger partial charge in [-0.2, -0.15) is 10.1 Å². The number of nitrogens with one attached hydrogen (secondary N) is 2. The minimum absolute atomic E-state index is 0.199. The number of nitrogens with zero attached hydrogens (tertiary/aromatic N) is 5. The highest BCUT2D eigenvalue weighted by Crippen LogP contribution is 2.32. The Balaban J connectivity index is 1.33. The molecule has 3 heterocycles. The van der Waals surface area contributed by atoms with Gasteiger partial charge in [-0.3, -0.25) is 15.1 Å². The quantitative estimate of drug-likeness (QED) is 0.385. The van der Waals surface area contributed by atoms with Crippen LogP contribution in [-0.4, -0.2) is 52.3 Å². The average Bonchev–Trinajstić information content (AvgIpc) is 3.34. The highest BCUT2D eigenvalue weighted by molar-refractivity contribution is 7.98. The molecule has 0 saturated heterocycles. The van der Waals surface area contributed by atoms with Gasteiger partial charge in [0.15, 0.2) is 11.9 Å². The van der Waals surface area contributed by atoms with E-state index in [2.05, 4.69) is 46.4 Å². The summed E-state index contributed by atoms with van der Waals surface area (Å²) < 4.78 is 7.82. The predicted octanol–water partition coefficient (Wildman–Crippen LogP) is 5.57. The first-order valence-electron chi connectivity index (χ1n) is 12.6. The van der Waals surface area contributed by atoms with Crippen LogP contribution in [0.3, 0.4) is 0 Å². The third-order valence-corrected chi connectivity index (χ3v) is 6.95. The predicted molar refractivity (Wildman–Crippen MR) is 160 cm³/mol. The molecule has 11 heteroatoms. The summed E-state index contributed by atoms with van der Waals surface area (Å²) in [5.74, 6) is 1.47. The molecule has 2 aliphatic heterocycles. The number of allylic oxidation sites excluding steroid dienone is 1. The Kier molecular flexibility index (Phi) is 7.40. The van der Waals surface area contributed by atoms with Crippen LogP contribution in [0.5, 0.6) is 5.75 Å². The van der Waals surface area contributed by atoms with Crippen molar-refractivity contribution < 1.29 is 14.3 Å². The molecule has 1 aromatic heterocycles. The van der Waals surface area contributed by atoms with Crippen LogP contribution < -0.4 is 15.4 Å². The van der Waals surface area contributed by atoms with E-state index in [4.69, 9.17) is 9.84 Å². The molecule has 10 nitrogen and oxygen atoms in total. The van der Waals surface area contributed by atoms with E-state index >= 15 is 0 Å². The molecule has 0 aliphatic carbocycles. The summed E-state index contributed by atoms with van der Waals surface area (Å²) in [5, 5.41) is 10.7. The first-order valence-corrected chi connectivity index (χ1v) is 13.8. The number of amides is 3. The minimum atomic E-state index is -0.569. The maximum atomic E-state index is 13.1. The Bertz CT molecular complexity index is 1590. The van der Waals surface area contributed by atoms with Crippen LogP contribution in [0.2, 0.25) is 0 Å². The fourth-order valence-corrected chi connectivity index (χ4v) is 4.61. The van der Waals surface area contributed by atoms with Crippen LogP contribution in [-0.2, 0) is 10.2 Å². The lowest BCUT2D eigenvalue weighted by Crippen LogP contribution is -2.30. The van der Waals surface area contributed by atoms with Gasteiger partial charge >= 0.3 is 6.03 Å². The number of aryl methyl sites for hydroxylation is 1. The Morgan fingerprint density at radius 2 is 1.85 bits per heavy atom. The molecule has 0 radical (unpaired) electrons. The molecule has 3 amide bonds. The van der Waals surface area contributed by atoms with Gasteiger partial charge < -0.3 is 10.1 Å². The van der Waals surface area contributed by atoms with E-state index in [1.165, 1.54) is 24.2 Å². The van der Waals surface area contributed by atoms with Crippen molar-refractivity contribution in [3.8, 4) is 11.4 Å². The number of hydrogen-bond donors (Lipinski definition) is 2. The molecule has 0 bridgehead atoms. The third-order valence-electron chi connectivity index (χ3n) is 6.17. The van der Waals surface area contributed by atoms with Crippen molar-refractivity contribution >= 4 is 53.5 Å². The zero-order chi connectivity index (χ0) is 28.4. The number of carbonyl (C=O) groups is 2. The van der Waals surface area contributed by atoms with Gasteiger partial charge in [0, 0.05) is 22.6 Å². The number of hydrogen-bond acceptors (Lipinski definition) is 7. The number of ether oxygens (including phenoxy) is 1. The van der Waals surface area contributed by atoms with Gasteiger partial charge in [0.25, 0.3) is 5.91 Å². The maximum absolute atomic E-state index is 13.1. The Labute approximate surface area is 236 Å². The Hall–Kier alpha value is -4.51. The van der Waals surface area contributed by atoms with Gasteiger partial charge in [0.05, 0.1) is 23.3 Å². The van der Waals surface area contributed by atoms with Crippen molar-refractivity contribution in [3.05, 3.63) is 71.6 Å². The molecular formula is C29H29N7O3S. The van der Waals surface area contributed by atoms with Crippen molar-refractivity contribution in [1.82, 2.24) is 9.78 Å². The van der Waals surface area contributed by atoms with Crippen LogP contribution in [0.1, 0.15) is 32.0 Å². The molecule has 2 aliphatic rings. The van der Waals surface area contributed by atoms with Crippen LogP contribution in [0.25, 0.3) is 5.69 Å². The first-order chi connectivity index (χ1) is 19.1. The lowest BCUT2D eigenvalue weighted by molar-refractivity contribution is -0.111. The van der Waals surface area contributed by atoms with Gasteiger partial charge in [0.2, 0.25) is 0 Å². The van der Waals surface area contributed by atoms with Crippen LogP contribution in [0, 0.1) is 6.92 Å². The molecule has 1 unspecified atom stereocenters. The van der Waals surface area contributed by atoms with Gasteiger partial charge in [0.1, 0.15) is 17.3 Å². The number of thioether (sulfide) groups is 1. The second-order valence-electron chi connectivity index (χ2n) is 10.3. The van der Waals surface area contributed by atoms with E-state index in [0.29, 0.717) is 28.8 Å². The van der Waals surface area contributed by atoms with E-state index in [1.54, 1.807) is 22.9 Å². The minimum Gasteiger partial charge on any atom is -0.459 e. The summed E-state index contributed by atoms with van der Waals surface area (Å²) in [6.07, 6.45) is 6.30. The highest BCUT2D eigenvalue weighted by Gasteiger charge is 2.28. The zero-order valence-electron chi connectivity index (χ0n) is 22.8. The van der Waals surface area contributed by atoms with E-state index in [-0.39, 0.29) is 5.41 Å². The monoisotopic (exact) mass is 555 g/mol. The number of aromatic nitrogens is 2. The van der Waals surface area contributed by atoms with Crippen LogP contribution >= 0.6 is 11.8 Å². The summed E-state index contributed by atoms with van der Waals surface area (Å²) in [4.78, 5) is 37.7. The van der Waals surface area contributed by atoms with Crippen molar-refractivity contribution in [1.29, 1.82) is 0 Å². The summed E-state index contributed by atoms with van der Waals surface area (Å²) in [6.45, 7) is 8.27. The lowest BCUT2D eigenvalue weighted by Gasteiger charge is -2.21. The number of aliphatic imine (C=N–C) groups is 3. The molecule has 2 N–H and O–H groups in total. The maximum Gasteiger partial charge on any atom is 0.324 e. The number of anilines is 2. The van der Waals surface area contributed by atoms with E-state index < -0.39 is 18.0 Å². The van der Waals surface area contributed by atoms with Gasteiger partial charge in [-0.05, 0) is 49.6 Å². The number of urea groups is 1. The van der Waals surface area contributed by atoms with Crippen LogP contribution in [0.4, 0.5) is 16.3 Å². The molecule has 204 valence electrons. The number of benzene rings is 2. The van der Waals surface area contributed by atoms with Crippen molar-refractivity contribution in [2.45, 2.75) is 44.0 Å². The molecule has 3 aromatic rings. The Morgan fingerprint density at radius 1 is 1.07 bits per heavy atom. The second kappa shape index (κ2) is 10.9. The number of carbonyl (C=O) groups excluding carboxylic acids is 2. The first kappa shape index (κ1) is 27.1. The van der Waals surface area contributed by atoms with Crippen molar-refractivity contribution in [2.24, 2.45) is 15.0 Å². The molecule has 5 rings (SSSR count). The Morgan fingerprint density at radius 3 is 2.58 bits per heavy atom. The number of rotatable bonds is 6. The van der Waals surface area contributed by atoms with Gasteiger partial charge in [-0.15, -0.1) is 11.8 Å². The largest absolute Gasteiger partial charge is 0.459 e. The smallest absolute Gasteiger partial charge is 0.324 e. The molecule has 0 fully saturated rings. The number of amidine groups is 1. The second-order valence-corrected chi connectivity index (χ2v) is 11.1. The number of fused-ring (bicyclic) bond motifs is 1. The topological polar surface area (TPSA) is 122 Å². The van der Waals surface area contributed by atoms with E-state index in [9.17, 15) is 9.59 Å². The van der Waals surface area contributed by atoms with E-state index in [1.807, 2.05) is 49.6 Å². The lowest BCUT2D eigenvalue weighted by atomic mass is 9.92. The summed E-state index contributed by atoms with van der Waals surface area (Å²) in [7, 11) is 0. The molecule has 1 atom stereocenters. The fourth-order valence-electron chi connectivity index (χ4n) is 4.04. The van der Waals surface area contributed by atoms with Gasteiger partial charge in [-0.1, -0.05) is 38.5 Å². The molecule has 0 spiro atoms. The standard InChI is InChI=1S/C29H29N7O3S/c1-17-6-8-18(9-7-17)36-24(15-23(35-36)29(2,3)4)33-28(38)32-20-11-10-19(14-22(20)40-5)39-21-12-13-30-27-26(21)31-16-25(37)34-27/h6-16,26H,1-5H3,(H2,32,33,38). The average molecular weight is 556 g/mol. The van der Waals surface area contributed by atoms with Crippen LogP contribution in [0.15, 0.2) is 80.2 Å². The number of dihydropyridines is 1. The fraction of sp³-hybridized carbons (Fsp3) is 0.241. The zero-order valence-corrected chi connectivity index (χ0v) is 23.6. The molecule has 0 saturated carbocycles. The van der Waals surface area contributed by atoms with Gasteiger partial charge in [-0.25, -0.2) is 14.5 Å². The summed E-state index contributed by atoms with van der Waals surface area (Å²) >= 11 is 1.47. The summed E-state index contributed by atoms with van der Waals surface area (Å²) in [5.41, 5.74) is 3.27. The normalized spacial score (nSPS) is 16.2. The summed E-state index contributed by atoms with van der Waals surface area (Å²) in [6, 6.07) is 14.3. The van der Waals surface area contributed by atoms with Crippen molar-refractivity contribution in [3.63, 3.8) is 0 Å². The van der Waals surface area contributed by atoms with Crippen molar-refractivity contribution in [2.75, 3.05) is 16.9 Å².